The molecular formula is C8H10BrNO2S. The Kier molecular flexibility index (Phi) is 3.87. The van der Waals surface area contributed by atoms with Gasteiger partial charge in [0.1, 0.15) is 5.69 Å². The number of aromatic nitrogens is 1. The maximum Gasteiger partial charge on any atom is 0.352 e. The maximum absolute atomic E-state index is 10.7. The van der Waals surface area contributed by atoms with Crippen LogP contribution in [0.2, 0.25) is 0 Å². The monoisotopic (exact) mass is 263 g/mol. The zero-order valence-corrected chi connectivity index (χ0v) is 9.56. The van der Waals surface area contributed by atoms with E-state index in [0.717, 1.165) is 16.8 Å². The molecule has 0 bridgehead atoms. The Labute approximate surface area is 89.3 Å². The van der Waals surface area contributed by atoms with E-state index in [4.69, 9.17) is 5.11 Å². The molecule has 0 saturated carbocycles. The number of carboxylic acid groups (broad SMARTS) is 1. The van der Waals surface area contributed by atoms with Crippen LogP contribution in [-0.4, -0.2) is 27.7 Å². The number of rotatable bonds is 4. The highest BCUT2D eigenvalue weighted by atomic mass is 79.9. The van der Waals surface area contributed by atoms with Crippen molar-refractivity contribution in [1.82, 2.24) is 4.57 Å². The molecule has 1 N–H and O–H groups in total. The van der Waals surface area contributed by atoms with Gasteiger partial charge in [-0.3, -0.25) is 0 Å². The first kappa shape index (κ1) is 10.7. The van der Waals surface area contributed by atoms with E-state index >= 15 is 0 Å². The smallest absolute Gasteiger partial charge is 0.352 e. The lowest BCUT2D eigenvalue weighted by molar-refractivity contribution is 0.0685. The summed E-state index contributed by atoms with van der Waals surface area (Å²) < 4.78 is 2.55. The van der Waals surface area contributed by atoms with E-state index in [2.05, 4.69) is 15.9 Å². The minimum absolute atomic E-state index is 0.334. The number of carboxylic acids is 1. The van der Waals surface area contributed by atoms with Crippen LogP contribution in [0.5, 0.6) is 0 Å². The molecule has 1 rings (SSSR count). The number of carbonyl (C=O) groups is 1. The third-order valence-corrected chi connectivity index (χ3v) is 2.64. The van der Waals surface area contributed by atoms with Gasteiger partial charge in [0, 0.05) is 23.0 Å². The molecule has 1 aromatic heterocycles. The van der Waals surface area contributed by atoms with E-state index in [9.17, 15) is 4.79 Å². The van der Waals surface area contributed by atoms with Gasteiger partial charge in [-0.1, -0.05) is 0 Å². The van der Waals surface area contributed by atoms with E-state index in [1.54, 1.807) is 28.6 Å². The van der Waals surface area contributed by atoms with E-state index in [-0.39, 0.29) is 0 Å². The van der Waals surface area contributed by atoms with Gasteiger partial charge in [-0.15, -0.1) is 0 Å². The number of hydrogen-bond acceptors (Lipinski definition) is 2. The zero-order chi connectivity index (χ0) is 9.84. The van der Waals surface area contributed by atoms with Crippen LogP contribution in [-0.2, 0) is 6.54 Å². The predicted molar refractivity (Wildman–Crippen MR) is 57.5 cm³/mol. The number of hydrogen-bond donors (Lipinski definition) is 1. The van der Waals surface area contributed by atoms with Crippen molar-refractivity contribution in [3.63, 3.8) is 0 Å². The van der Waals surface area contributed by atoms with Crippen molar-refractivity contribution < 1.29 is 9.90 Å². The summed E-state index contributed by atoms with van der Waals surface area (Å²) in [6.07, 6.45) is 3.79. The fourth-order valence-corrected chi connectivity index (χ4v) is 1.87. The third kappa shape index (κ3) is 2.77. The fourth-order valence-electron chi connectivity index (χ4n) is 1.03. The van der Waals surface area contributed by atoms with Gasteiger partial charge in [0.05, 0.1) is 0 Å². The first-order valence-electron chi connectivity index (χ1n) is 3.73. The quantitative estimate of drug-likeness (QED) is 0.907. The molecule has 0 radical (unpaired) electrons. The molecule has 13 heavy (non-hydrogen) atoms. The highest BCUT2D eigenvalue weighted by Gasteiger charge is 2.10. The first-order valence-corrected chi connectivity index (χ1v) is 5.91. The zero-order valence-electron chi connectivity index (χ0n) is 7.16. The van der Waals surface area contributed by atoms with Gasteiger partial charge in [0.15, 0.2) is 0 Å². The van der Waals surface area contributed by atoms with Crippen molar-refractivity contribution in [3.8, 4) is 0 Å². The van der Waals surface area contributed by atoms with Crippen LogP contribution in [0, 0.1) is 0 Å². The van der Waals surface area contributed by atoms with E-state index in [1.165, 1.54) is 0 Å². The molecule has 0 unspecified atom stereocenters. The molecule has 0 atom stereocenters. The Morgan fingerprint density at radius 1 is 1.77 bits per heavy atom. The Balaban J connectivity index is 2.84. The molecule has 72 valence electrons. The maximum atomic E-state index is 10.7. The molecule has 0 aliphatic rings. The second-order valence-corrected chi connectivity index (χ2v) is 4.44. The minimum atomic E-state index is -0.883. The number of halogens is 1. The molecule has 3 nitrogen and oxygen atoms in total. The average molecular weight is 264 g/mol. The minimum Gasteiger partial charge on any atom is -0.477 e. The number of aromatic carboxylic acids is 1. The predicted octanol–water partition coefficient (Wildman–Crippen LogP) is 2.31. The summed E-state index contributed by atoms with van der Waals surface area (Å²) in [5.74, 6) is 0.0355. The Bertz CT molecular complexity index is 311. The van der Waals surface area contributed by atoms with E-state index < -0.39 is 5.97 Å². The molecule has 0 aliphatic heterocycles. The Morgan fingerprint density at radius 3 is 3.00 bits per heavy atom. The van der Waals surface area contributed by atoms with Crippen LogP contribution in [0.15, 0.2) is 16.7 Å². The van der Waals surface area contributed by atoms with Crippen molar-refractivity contribution in [2.24, 2.45) is 0 Å². The summed E-state index contributed by atoms with van der Waals surface area (Å²) in [6, 6.07) is 1.61. The molecule has 0 fully saturated rings. The molecule has 1 heterocycles. The van der Waals surface area contributed by atoms with Crippen LogP contribution in [0.1, 0.15) is 10.5 Å². The van der Waals surface area contributed by atoms with Gasteiger partial charge in [-0.25, -0.2) is 4.79 Å². The highest BCUT2D eigenvalue weighted by molar-refractivity contribution is 9.10. The van der Waals surface area contributed by atoms with Gasteiger partial charge < -0.3 is 9.67 Å². The molecular weight excluding hydrogens is 254 g/mol. The lowest BCUT2D eigenvalue weighted by Gasteiger charge is -2.03. The van der Waals surface area contributed by atoms with E-state index in [1.807, 2.05) is 6.26 Å². The number of thioether (sulfide) groups is 1. The highest BCUT2D eigenvalue weighted by Crippen LogP contribution is 2.15. The summed E-state index contributed by atoms with van der Waals surface area (Å²) >= 11 is 4.95. The molecule has 0 aliphatic carbocycles. The van der Waals surface area contributed by atoms with Crippen molar-refractivity contribution in [3.05, 3.63) is 22.4 Å². The number of aryl methyl sites for hydroxylation is 1. The van der Waals surface area contributed by atoms with Crippen LogP contribution in [0.4, 0.5) is 0 Å². The van der Waals surface area contributed by atoms with Gasteiger partial charge in [0.2, 0.25) is 0 Å². The van der Waals surface area contributed by atoms with Gasteiger partial charge in [-0.05, 0) is 28.3 Å². The summed E-state index contributed by atoms with van der Waals surface area (Å²) in [7, 11) is 0. The summed E-state index contributed by atoms with van der Waals surface area (Å²) in [6.45, 7) is 0.731. The van der Waals surface area contributed by atoms with Crippen molar-refractivity contribution in [1.29, 1.82) is 0 Å². The second kappa shape index (κ2) is 4.72. The summed E-state index contributed by atoms with van der Waals surface area (Å²) in [5.41, 5.74) is 0.334. The van der Waals surface area contributed by atoms with Gasteiger partial charge in [0.25, 0.3) is 0 Å². The standard InChI is InChI=1S/C8H10BrNO2S/c1-13-3-2-10-5-6(9)4-7(10)8(11)12/h4-5H,2-3H2,1H3,(H,11,12). The average Bonchev–Trinajstić information content (AvgIpc) is 2.43. The van der Waals surface area contributed by atoms with Crippen LogP contribution >= 0.6 is 27.7 Å². The molecule has 0 aromatic carbocycles. The molecule has 1 aromatic rings. The third-order valence-electron chi connectivity index (χ3n) is 1.62. The summed E-state index contributed by atoms with van der Waals surface area (Å²) in [4.78, 5) is 10.7. The molecule has 0 amide bonds. The Morgan fingerprint density at radius 2 is 2.46 bits per heavy atom. The normalized spacial score (nSPS) is 10.3. The molecule has 0 spiro atoms. The van der Waals surface area contributed by atoms with Crippen LogP contribution in [0.3, 0.4) is 0 Å². The van der Waals surface area contributed by atoms with Gasteiger partial charge in [-0.2, -0.15) is 11.8 Å². The topological polar surface area (TPSA) is 42.2 Å². The lowest BCUT2D eigenvalue weighted by Crippen LogP contribution is -2.08. The van der Waals surface area contributed by atoms with Crippen LogP contribution in [0.25, 0.3) is 0 Å². The SMILES string of the molecule is CSCCn1cc(Br)cc1C(=O)O. The van der Waals surface area contributed by atoms with Crippen LogP contribution < -0.4 is 0 Å². The Hall–Kier alpha value is -0.420. The number of nitrogens with zero attached hydrogens (tertiary/aromatic N) is 1. The van der Waals surface area contributed by atoms with Gasteiger partial charge >= 0.3 is 5.97 Å². The van der Waals surface area contributed by atoms with Crippen molar-refractivity contribution in [2.45, 2.75) is 6.54 Å². The lowest BCUT2D eigenvalue weighted by atomic mass is 10.4. The second-order valence-electron chi connectivity index (χ2n) is 2.53. The fraction of sp³-hybridized carbons (Fsp3) is 0.375. The van der Waals surface area contributed by atoms with Crippen molar-refractivity contribution >= 4 is 33.7 Å². The largest absolute Gasteiger partial charge is 0.477 e. The van der Waals surface area contributed by atoms with Crippen molar-refractivity contribution in [2.75, 3.05) is 12.0 Å². The molecule has 5 heteroatoms. The summed E-state index contributed by atoms with van der Waals surface area (Å²) in [5, 5.41) is 8.83. The van der Waals surface area contributed by atoms with E-state index in [0.29, 0.717) is 5.69 Å². The molecule has 0 saturated heterocycles. The first-order chi connectivity index (χ1) is 6.15.